The summed E-state index contributed by atoms with van der Waals surface area (Å²) >= 11 is 0. The zero-order valence-electron chi connectivity index (χ0n) is 12.9. The van der Waals surface area contributed by atoms with E-state index in [4.69, 9.17) is 5.11 Å². The zero-order chi connectivity index (χ0) is 17.3. The van der Waals surface area contributed by atoms with Gasteiger partial charge in [0.1, 0.15) is 0 Å². The summed E-state index contributed by atoms with van der Waals surface area (Å²) in [6.45, 7) is 0.448. The summed E-state index contributed by atoms with van der Waals surface area (Å²) in [6.07, 6.45) is 1.90. The number of carboxylic acid groups (broad SMARTS) is 1. The van der Waals surface area contributed by atoms with Crippen LogP contribution in [0.3, 0.4) is 0 Å². The van der Waals surface area contributed by atoms with Crippen LogP contribution in [-0.2, 0) is 4.79 Å². The second-order valence-electron chi connectivity index (χ2n) is 5.95. The maximum absolute atomic E-state index is 12.4. The Morgan fingerprint density at radius 3 is 2.54 bits per heavy atom. The van der Waals surface area contributed by atoms with E-state index in [9.17, 15) is 19.2 Å². The van der Waals surface area contributed by atoms with Crippen molar-refractivity contribution < 1.29 is 24.3 Å². The molecule has 24 heavy (non-hydrogen) atoms. The molecule has 3 rings (SSSR count). The lowest BCUT2D eigenvalue weighted by Gasteiger charge is -2.12. The fourth-order valence-corrected chi connectivity index (χ4v) is 2.55. The smallest absolute Gasteiger partial charge is 0.319 e. The van der Waals surface area contributed by atoms with Gasteiger partial charge in [-0.05, 0) is 37.0 Å². The molecule has 1 aromatic carbocycles. The number of urea groups is 1. The number of imide groups is 1. The van der Waals surface area contributed by atoms with Gasteiger partial charge in [-0.25, -0.2) is 4.79 Å². The third kappa shape index (κ3) is 3.37. The van der Waals surface area contributed by atoms with Crippen molar-refractivity contribution in [3.63, 3.8) is 0 Å². The molecule has 1 fully saturated rings. The number of hydrogen-bond acceptors (Lipinski definition) is 4. The molecule has 3 N–H and O–H groups in total. The molecule has 126 valence electrons. The van der Waals surface area contributed by atoms with E-state index in [-0.39, 0.29) is 30.3 Å². The second kappa shape index (κ2) is 6.31. The van der Waals surface area contributed by atoms with Gasteiger partial charge in [-0.2, -0.15) is 0 Å². The Hall–Kier alpha value is -2.90. The van der Waals surface area contributed by atoms with Gasteiger partial charge in [0.15, 0.2) is 0 Å². The average Bonchev–Trinajstić information content (AvgIpc) is 3.31. The van der Waals surface area contributed by atoms with E-state index in [2.05, 4.69) is 10.6 Å². The highest BCUT2D eigenvalue weighted by atomic mass is 16.4. The van der Waals surface area contributed by atoms with E-state index < -0.39 is 12.0 Å². The van der Waals surface area contributed by atoms with Gasteiger partial charge < -0.3 is 15.7 Å². The lowest BCUT2D eigenvalue weighted by molar-refractivity contribution is -0.136. The van der Waals surface area contributed by atoms with Crippen molar-refractivity contribution in [2.45, 2.75) is 19.3 Å². The van der Waals surface area contributed by atoms with Crippen LogP contribution in [-0.4, -0.2) is 46.9 Å². The summed E-state index contributed by atoms with van der Waals surface area (Å²) in [4.78, 5) is 48.0. The van der Waals surface area contributed by atoms with E-state index in [0.29, 0.717) is 23.7 Å². The Kier molecular flexibility index (Phi) is 4.20. The zero-order valence-corrected chi connectivity index (χ0v) is 12.9. The minimum absolute atomic E-state index is 0.00130. The summed E-state index contributed by atoms with van der Waals surface area (Å²) in [5, 5.41) is 13.4. The molecule has 1 aromatic rings. The maximum atomic E-state index is 12.4. The molecule has 0 bridgehead atoms. The van der Waals surface area contributed by atoms with Crippen molar-refractivity contribution in [1.82, 2.24) is 10.2 Å². The van der Waals surface area contributed by atoms with E-state index in [0.717, 1.165) is 12.8 Å². The number of aliphatic carboxylic acids is 1. The highest BCUT2D eigenvalue weighted by Gasteiger charge is 2.38. The molecule has 4 amide bonds. The predicted molar refractivity (Wildman–Crippen MR) is 83.8 cm³/mol. The number of benzene rings is 1. The van der Waals surface area contributed by atoms with Crippen LogP contribution in [0.4, 0.5) is 10.5 Å². The van der Waals surface area contributed by atoms with E-state index in [1.807, 2.05) is 0 Å². The lowest BCUT2D eigenvalue weighted by atomic mass is 10.1. The van der Waals surface area contributed by atoms with Crippen molar-refractivity contribution >= 4 is 29.5 Å². The van der Waals surface area contributed by atoms with Gasteiger partial charge in [0, 0.05) is 18.8 Å². The van der Waals surface area contributed by atoms with Crippen molar-refractivity contribution in [3.8, 4) is 0 Å². The van der Waals surface area contributed by atoms with Crippen LogP contribution in [0.2, 0.25) is 0 Å². The molecule has 8 heteroatoms. The van der Waals surface area contributed by atoms with Crippen LogP contribution in [0.1, 0.15) is 40.0 Å². The molecule has 0 saturated heterocycles. The summed E-state index contributed by atoms with van der Waals surface area (Å²) in [7, 11) is 0. The number of hydrogen-bond donors (Lipinski definition) is 3. The molecule has 1 aliphatic heterocycles. The monoisotopic (exact) mass is 331 g/mol. The third-order valence-corrected chi connectivity index (χ3v) is 3.99. The number of carboxylic acids is 1. The van der Waals surface area contributed by atoms with Crippen LogP contribution in [0.25, 0.3) is 0 Å². The van der Waals surface area contributed by atoms with Crippen LogP contribution >= 0.6 is 0 Å². The molecule has 0 unspecified atom stereocenters. The number of fused-ring (bicyclic) bond motifs is 1. The third-order valence-electron chi connectivity index (χ3n) is 3.99. The number of nitrogens with one attached hydrogen (secondary N) is 2. The number of carbonyl (C=O) groups is 4. The van der Waals surface area contributed by atoms with E-state index in [1.165, 1.54) is 17.0 Å². The summed E-state index contributed by atoms with van der Waals surface area (Å²) in [6, 6.07) is 3.97. The Morgan fingerprint density at radius 1 is 1.17 bits per heavy atom. The first kappa shape index (κ1) is 16.0. The Balaban J connectivity index is 1.65. The summed E-state index contributed by atoms with van der Waals surface area (Å²) in [5.41, 5.74) is 0.998. The van der Waals surface area contributed by atoms with Crippen molar-refractivity contribution in [2.24, 2.45) is 5.92 Å². The summed E-state index contributed by atoms with van der Waals surface area (Å²) < 4.78 is 0. The predicted octanol–water partition coefficient (Wildman–Crippen LogP) is 1.29. The molecule has 8 nitrogen and oxygen atoms in total. The molecule has 1 saturated carbocycles. The van der Waals surface area contributed by atoms with Gasteiger partial charge in [-0.15, -0.1) is 0 Å². The number of nitrogens with zero attached hydrogens (tertiary/aromatic N) is 1. The van der Waals surface area contributed by atoms with Gasteiger partial charge in [0.2, 0.25) is 0 Å². The first-order valence-corrected chi connectivity index (χ1v) is 7.72. The summed E-state index contributed by atoms with van der Waals surface area (Å²) in [5.74, 6) is -1.23. The van der Waals surface area contributed by atoms with Gasteiger partial charge in [-0.1, -0.05) is 0 Å². The fraction of sp³-hybridized carbons (Fsp3) is 0.375. The van der Waals surface area contributed by atoms with Crippen molar-refractivity contribution in [1.29, 1.82) is 0 Å². The molecule has 2 aliphatic rings. The second-order valence-corrected chi connectivity index (χ2v) is 5.95. The number of carbonyl (C=O) groups excluding carboxylic acids is 3. The Labute approximate surface area is 137 Å². The Morgan fingerprint density at radius 2 is 1.88 bits per heavy atom. The van der Waals surface area contributed by atoms with Crippen molar-refractivity contribution in [2.75, 3.05) is 18.4 Å². The minimum atomic E-state index is -1.01. The normalized spacial score (nSPS) is 16.1. The average molecular weight is 331 g/mol. The molecule has 0 atom stereocenters. The van der Waals surface area contributed by atoms with Gasteiger partial charge in [0.05, 0.1) is 17.5 Å². The quantitative estimate of drug-likeness (QED) is 0.679. The van der Waals surface area contributed by atoms with Gasteiger partial charge >= 0.3 is 12.0 Å². The molecule has 1 aliphatic carbocycles. The van der Waals surface area contributed by atoms with Crippen molar-refractivity contribution in [3.05, 3.63) is 29.3 Å². The van der Waals surface area contributed by atoms with Gasteiger partial charge in [-0.3, -0.25) is 19.3 Å². The number of amides is 4. The molecular formula is C16H17N3O5. The van der Waals surface area contributed by atoms with E-state index >= 15 is 0 Å². The van der Waals surface area contributed by atoms with Crippen LogP contribution < -0.4 is 10.6 Å². The van der Waals surface area contributed by atoms with E-state index in [1.54, 1.807) is 6.07 Å². The number of anilines is 1. The molecular weight excluding hydrogens is 314 g/mol. The molecule has 0 spiro atoms. The molecule has 0 aromatic heterocycles. The highest BCUT2D eigenvalue weighted by molar-refractivity contribution is 6.21. The lowest BCUT2D eigenvalue weighted by Crippen LogP contribution is -2.31. The fourth-order valence-electron chi connectivity index (χ4n) is 2.55. The Bertz CT molecular complexity index is 726. The standard InChI is InChI=1S/C16H17N3O5/c20-13(21)5-6-17-16(24)18-10-3-4-11-12(7-10)15(23)19(14(11)22)8-9-1-2-9/h3-4,7,9H,1-2,5-6,8H2,(H,20,21)(H2,17,18,24). The minimum Gasteiger partial charge on any atom is -0.481 e. The first-order chi connectivity index (χ1) is 11.5. The van der Waals surface area contributed by atoms with Gasteiger partial charge in [0.25, 0.3) is 11.8 Å². The molecule has 1 heterocycles. The number of rotatable bonds is 6. The van der Waals surface area contributed by atoms with Crippen LogP contribution in [0.15, 0.2) is 18.2 Å². The molecule has 0 radical (unpaired) electrons. The first-order valence-electron chi connectivity index (χ1n) is 7.72. The topological polar surface area (TPSA) is 116 Å². The largest absolute Gasteiger partial charge is 0.481 e. The van der Waals surface area contributed by atoms with Crippen LogP contribution in [0.5, 0.6) is 0 Å². The van der Waals surface area contributed by atoms with Crippen LogP contribution in [0, 0.1) is 5.92 Å². The maximum Gasteiger partial charge on any atom is 0.319 e. The highest BCUT2D eigenvalue weighted by Crippen LogP contribution is 2.33. The SMILES string of the molecule is O=C(O)CCNC(=O)Nc1ccc2c(c1)C(=O)N(CC1CC1)C2=O.